The van der Waals surface area contributed by atoms with Gasteiger partial charge < -0.3 is 10.0 Å². The van der Waals surface area contributed by atoms with Crippen LogP contribution >= 0.6 is 11.6 Å². The first kappa shape index (κ1) is 16.0. The molecule has 0 bridgehead atoms. The number of benzene rings is 1. The van der Waals surface area contributed by atoms with Crippen LogP contribution in [0.5, 0.6) is 0 Å². The maximum Gasteiger partial charge on any atom is 0.305 e. The summed E-state index contributed by atoms with van der Waals surface area (Å²) in [6.45, 7) is 0.581. The summed E-state index contributed by atoms with van der Waals surface area (Å²) in [5.74, 6) is -0.909. The van der Waals surface area contributed by atoms with Gasteiger partial charge in [0.25, 0.3) is 5.56 Å². The molecule has 0 unspecified atom stereocenters. The third-order valence-electron chi connectivity index (χ3n) is 3.21. The van der Waals surface area contributed by atoms with E-state index < -0.39 is 11.5 Å². The third kappa shape index (κ3) is 3.85. The van der Waals surface area contributed by atoms with Crippen molar-refractivity contribution in [3.05, 3.63) is 57.5 Å². The van der Waals surface area contributed by atoms with Crippen molar-refractivity contribution < 1.29 is 9.90 Å². The van der Waals surface area contributed by atoms with Crippen molar-refractivity contribution in [1.82, 2.24) is 9.78 Å². The van der Waals surface area contributed by atoms with Crippen molar-refractivity contribution in [2.75, 3.05) is 18.5 Å². The van der Waals surface area contributed by atoms with Crippen LogP contribution in [0, 0.1) is 0 Å². The second-order valence-corrected chi connectivity index (χ2v) is 5.24. The summed E-state index contributed by atoms with van der Waals surface area (Å²) in [6, 6.07) is 9.46. The Hall–Kier alpha value is -2.34. The third-order valence-corrected chi connectivity index (χ3v) is 3.57. The van der Waals surface area contributed by atoms with Gasteiger partial charge in [-0.05, 0) is 5.56 Å². The molecule has 0 fully saturated rings. The molecule has 2 rings (SSSR count). The lowest BCUT2D eigenvalue weighted by Gasteiger charge is -2.19. The van der Waals surface area contributed by atoms with Gasteiger partial charge in [-0.1, -0.05) is 41.9 Å². The Bertz CT molecular complexity index is 716. The van der Waals surface area contributed by atoms with Gasteiger partial charge in [0.05, 0.1) is 24.8 Å². The van der Waals surface area contributed by atoms with Crippen molar-refractivity contribution in [2.24, 2.45) is 0 Å². The molecular weight excluding hydrogens is 306 g/mol. The van der Waals surface area contributed by atoms with E-state index in [1.807, 2.05) is 30.3 Å². The van der Waals surface area contributed by atoms with Crippen LogP contribution in [0.1, 0.15) is 12.0 Å². The van der Waals surface area contributed by atoms with E-state index in [1.165, 1.54) is 10.9 Å². The zero-order valence-electron chi connectivity index (χ0n) is 12.1. The lowest BCUT2D eigenvalue weighted by Crippen LogP contribution is -2.28. The highest BCUT2D eigenvalue weighted by Gasteiger charge is 2.13. The number of hydrogen-bond donors (Lipinski definition) is 1. The summed E-state index contributed by atoms with van der Waals surface area (Å²) < 4.78 is 1.28. The highest BCUT2D eigenvalue weighted by atomic mass is 35.5. The Morgan fingerprint density at radius 2 is 2.05 bits per heavy atom. The molecular formula is C15H16ClN3O3. The SMILES string of the molecule is CN(CCC(=O)O)c1cnn(Cc2ccccc2)c(=O)c1Cl. The van der Waals surface area contributed by atoms with Gasteiger partial charge in [0.15, 0.2) is 0 Å². The molecule has 0 saturated carbocycles. The van der Waals surface area contributed by atoms with Crippen LogP contribution in [0.15, 0.2) is 41.3 Å². The quantitative estimate of drug-likeness (QED) is 0.879. The van der Waals surface area contributed by atoms with Gasteiger partial charge >= 0.3 is 5.97 Å². The fraction of sp³-hybridized carbons (Fsp3) is 0.267. The zero-order chi connectivity index (χ0) is 16.1. The largest absolute Gasteiger partial charge is 0.481 e. The summed E-state index contributed by atoms with van der Waals surface area (Å²) in [5, 5.41) is 12.9. The average Bonchev–Trinajstić information content (AvgIpc) is 2.51. The molecule has 0 aliphatic heterocycles. The van der Waals surface area contributed by atoms with Crippen LogP contribution in [-0.4, -0.2) is 34.4 Å². The van der Waals surface area contributed by atoms with Crippen molar-refractivity contribution in [3.8, 4) is 0 Å². The number of carbonyl (C=O) groups is 1. The van der Waals surface area contributed by atoms with E-state index in [9.17, 15) is 9.59 Å². The predicted octanol–water partition coefficient (Wildman–Crippen LogP) is 1.86. The second-order valence-electron chi connectivity index (χ2n) is 4.86. The highest BCUT2D eigenvalue weighted by Crippen LogP contribution is 2.19. The molecule has 0 saturated heterocycles. The highest BCUT2D eigenvalue weighted by molar-refractivity contribution is 6.33. The van der Waals surface area contributed by atoms with E-state index in [2.05, 4.69) is 5.10 Å². The van der Waals surface area contributed by atoms with Gasteiger partial charge in [0, 0.05) is 13.6 Å². The van der Waals surface area contributed by atoms with E-state index in [1.54, 1.807) is 11.9 Å². The number of anilines is 1. The van der Waals surface area contributed by atoms with Gasteiger partial charge in [-0.25, -0.2) is 4.68 Å². The molecule has 6 nitrogen and oxygen atoms in total. The van der Waals surface area contributed by atoms with Crippen molar-refractivity contribution in [3.63, 3.8) is 0 Å². The van der Waals surface area contributed by atoms with Crippen LogP contribution in [0.25, 0.3) is 0 Å². The molecule has 1 aromatic heterocycles. The number of carboxylic acid groups (broad SMARTS) is 1. The summed E-state index contributed by atoms with van der Waals surface area (Å²) in [6.07, 6.45) is 1.44. The average molecular weight is 322 g/mol. The maximum absolute atomic E-state index is 12.3. The van der Waals surface area contributed by atoms with Gasteiger partial charge in [-0.3, -0.25) is 9.59 Å². The molecule has 1 N–H and O–H groups in total. The summed E-state index contributed by atoms with van der Waals surface area (Å²) >= 11 is 6.11. The minimum atomic E-state index is -0.909. The molecule has 7 heteroatoms. The number of carboxylic acids is 1. The second kappa shape index (κ2) is 7.09. The van der Waals surface area contributed by atoms with E-state index in [0.29, 0.717) is 12.2 Å². The Labute approximate surface area is 132 Å². The van der Waals surface area contributed by atoms with Gasteiger partial charge in [0.1, 0.15) is 5.02 Å². The summed E-state index contributed by atoms with van der Waals surface area (Å²) in [7, 11) is 1.67. The number of rotatable bonds is 6. The Morgan fingerprint density at radius 3 is 2.68 bits per heavy atom. The first-order valence-corrected chi connectivity index (χ1v) is 7.09. The minimum absolute atomic E-state index is 0.0406. The van der Waals surface area contributed by atoms with E-state index >= 15 is 0 Å². The molecule has 1 heterocycles. The molecule has 0 aliphatic carbocycles. The molecule has 0 radical (unpaired) electrons. The molecule has 0 spiro atoms. The van der Waals surface area contributed by atoms with E-state index in [-0.39, 0.29) is 18.0 Å². The molecule has 22 heavy (non-hydrogen) atoms. The van der Waals surface area contributed by atoms with Crippen LogP contribution in [0.2, 0.25) is 5.02 Å². The lowest BCUT2D eigenvalue weighted by molar-refractivity contribution is -0.136. The number of aromatic nitrogens is 2. The van der Waals surface area contributed by atoms with Crippen LogP contribution < -0.4 is 10.5 Å². The summed E-state index contributed by atoms with van der Waals surface area (Å²) in [4.78, 5) is 24.5. The number of aliphatic carboxylic acids is 1. The van der Waals surface area contributed by atoms with Crippen LogP contribution in [0.3, 0.4) is 0 Å². The number of nitrogens with zero attached hydrogens (tertiary/aromatic N) is 3. The summed E-state index contributed by atoms with van der Waals surface area (Å²) in [5.41, 5.74) is 0.975. The monoisotopic (exact) mass is 321 g/mol. The molecule has 1 aromatic carbocycles. The molecule has 116 valence electrons. The van der Waals surface area contributed by atoms with E-state index in [0.717, 1.165) is 5.56 Å². The minimum Gasteiger partial charge on any atom is -0.481 e. The molecule has 2 aromatic rings. The van der Waals surface area contributed by atoms with E-state index in [4.69, 9.17) is 16.7 Å². The molecule has 0 aliphatic rings. The molecule has 0 atom stereocenters. The Balaban J connectivity index is 2.21. The lowest BCUT2D eigenvalue weighted by atomic mass is 10.2. The molecule has 0 amide bonds. The smallest absolute Gasteiger partial charge is 0.305 e. The first-order chi connectivity index (χ1) is 10.5. The maximum atomic E-state index is 12.3. The van der Waals surface area contributed by atoms with Crippen molar-refractivity contribution in [1.29, 1.82) is 0 Å². The van der Waals surface area contributed by atoms with Gasteiger partial charge in [0.2, 0.25) is 0 Å². The fourth-order valence-corrected chi connectivity index (χ4v) is 2.27. The Morgan fingerprint density at radius 1 is 1.36 bits per heavy atom. The van der Waals surface area contributed by atoms with Gasteiger partial charge in [-0.2, -0.15) is 5.10 Å². The number of halogens is 1. The first-order valence-electron chi connectivity index (χ1n) is 6.71. The van der Waals surface area contributed by atoms with Crippen LogP contribution in [0.4, 0.5) is 5.69 Å². The topological polar surface area (TPSA) is 75.4 Å². The van der Waals surface area contributed by atoms with Gasteiger partial charge in [-0.15, -0.1) is 0 Å². The zero-order valence-corrected chi connectivity index (χ0v) is 12.8. The Kier molecular flexibility index (Phi) is 5.16. The normalized spacial score (nSPS) is 10.5. The number of hydrogen-bond acceptors (Lipinski definition) is 4. The van der Waals surface area contributed by atoms with Crippen LogP contribution in [-0.2, 0) is 11.3 Å². The van der Waals surface area contributed by atoms with Crippen molar-refractivity contribution in [2.45, 2.75) is 13.0 Å². The van der Waals surface area contributed by atoms with Crippen molar-refractivity contribution >= 4 is 23.3 Å². The standard InChI is InChI=1S/C15H16ClN3O3/c1-18(8-7-13(20)21)12-9-17-19(15(22)14(12)16)10-11-5-3-2-4-6-11/h2-6,9H,7-8,10H2,1H3,(H,20,21). The predicted molar refractivity (Wildman–Crippen MR) is 84.6 cm³/mol. The fourth-order valence-electron chi connectivity index (χ4n) is 1.98.